The Morgan fingerprint density at radius 2 is 2.11 bits per heavy atom. The Labute approximate surface area is 116 Å². The zero-order valence-corrected chi connectivity index (χ0v) is 12.4. The Morgan fingerprint density at radius 3 is 2.74 bits per heavy atom. The van der Waals surface area contributed by atoms with Crippen LogP contribution in [-0.2, 0) is 6.54 Å². The van der Waals surface area contributed by atoms with Crippen molar-refractivity contribution in [2.75, 3.05) is 27.2 Å². The Bertz CT molecular complexity index is 377. The van der Waals surface area contributed by atoms with Gasteiger partial charge >= 0.3 is 0 Å². The lowest BCUT2D eigenvalue weighted by molar-refractivity contribution is 0.178. The normalized spacial score (nSPS) is 22.2. The van der Waals surface area contributed by atoms with Gasteiger partial charge < -0.3 is 15.0 Å². The van der Waals surface area contributed by atoms with E-state index in [1.54, 1.807) is 7.11 Å². The van der Waals surface area contributed by atoms with Crippen molar-refractivity contribution in [3.63, 3.8) is 0 Å². The Balaban J connectivity index is 1.80. The predicted octanol–water partition coefficient (Wildman–Crippen LogP) is 2.52. The van der Waals surface area contributed by atoms with Crippen molar-refractivity contribution in [3.8, 4) is 5.75 Å². The van der Waals surface area contributed by atoms with E-state index < -0.39 is 0 Å². The van der Waals surface area contributed by atoms with E-state index in [9.17, 15) is 0 Å². The van der Waals surface area contributed by atoms with Crippen LogP contribution in [0.5, 0.6) is 5.75 Å². The number of hydrogen-bond acceptors (Lipinski definition) is 3. The molecule has 0 aliphatic carbocycles. The number of rotatable bonds is 5. The van der Waals surface area contributed by atoms with Gasteiger partial charge in [-0.1, -0.05) is 12.1 Å². The molecular formula is C16H26N2O. The molecule has 1 N–H and O–H groups in total. The first-order valence-corrected chi connectivity index (χ1v) is 7.24. The summed E-state index contributed by atoms with van der Waals surface area (Å²) >= 11 is 0. The van der Waals surface area contributed by atoms with Gasteiger partial charge in [0.2, 0.25) is 0 Å². The summed E-state index contributed by atoms with van der Waals surface area (Å²) in [5.41, 5.74) is 1.32. The molecule has 3 heteroatoms. The van der Waals surface area contributed by atoms with Crippen LogP contribution in [0.15, 0.2) is 24.3 Å². The smallest absolute Gasteiger partial charge is 0.118 e. The molecule has 1 heterocycles. The van der Waals surface area contributed by atoms with Gasteiger partial charge in [0.15, 0.2) is 0 Å². The zero-order chi connectivity index (χ0) is 13.7. The first-order valence-electron chi connectivity index (χ1n) is 7.24. The molecule has 0 radical (unpaired) electrons. The molecule has 1 fully saturated rings. The van der Waals surface area contributed by atoms with Crippen LogP contribution in [0.4, 0.5) is 0 Å². The molecule has 0 saturated carbocycles. The average Bonchev–Trinajstić information content (AvgIpc) is 2.45. The van der Waals surface area contributed by atoms with Crippen LogP contribution in [0.25, 0.3) is 0 Å². The van der Waals surface area contributed by atoms with Gasteiger partial charge in [0.25, 0.3) is 0 Å². The SMILES string of the molecule is COc1ccc(CNC(C)C2CCCN(C)C2)cc1. The highest BCUT2D eigenvalue weighted by molar-refractivity contribution is 5.27. The highest BCUT2D eigenvalue weighted by Crippen LogP contribution is 2.19. The number of methoxy groups -OCH3 is 1. The summed E-state index contributed by atoms with van der Waals surface area (Å²) in [5.74, 6) is 1.70. The molecule has 0 spiro atoms. The van der Waals surface area contributed by atoms with Crippen molar-refractivity contribution >= 4 is 0 Å². The minimum Gasteiger partial charge on any atom is -0.497 e. The molecule has 106 valence electrons. The number of likely N-dealkylation sites (tertiary alicyclic amines) is 1. The van der Waals surface area contributed by atoms with Gasteiger partial charge in [0, 0.05) is 19.1 Å². The molecule has 2 rings (SSSR count). The third kappa shape index (κ3) is 4.22. The van der Waals surface area contributed by atoms with Crippen molar-refractivity contribution in [1.82, 2.24) is 10.2 Å². The second-order valence-corrected chi connectivity index (χ2v) is 5.68. The van der Waals surface area contributed by atoms with E-state index in [0.29, 0.717) is 6.04 Å². The minimum absolute atomic E-state index is 0.574. The molecule has 0 amide bonds. The molecule has 1 aromatic rings. The summed E-state index contributed by atoms with van der Waals surface area (Å²) in [6, 6.07) is 8.88. The highest BCUT2D eigenvalue weighted by Gasteiger charge is 2.22. The van der Waals surface area contributed by atoms with E-state index in [0.717, 1.165) is 18.2 Å². The summed E-state index contributed by atoms with van der Waals surface area (Å²) in [6.45, 7) is 5.72. The average molecular weight is 262 g/mol. The number of nitrogens with one attached hydrogen (secondary N) is 1. The lowest BCUT2D eigenvalue weighted by Crippen LogP contribution is -2.42. The van der Waals surface area contributed by atoms with Gasteiger partial charge in [0.1, 0.15) is 5.75 Å². The maximum absolute atomic E-state index is 5.18. The van der Waals surface area contributed by atoms with E-state index in [2.05, 4.69) is 36.3 Å². The predicted molar refractivity (Wildman–Crippen MR) is 79.5 cm³/mol. The maximum Gasteiger partial charge on any atom is 0.118 e. The fourth-order valence-electron chi connectivity index (χ4n) is 2.80. The van der Waals surface area contributed by atoms with Gasteiger partial charge in [-0.25, -0.2) is 0 Å². The Kier molecular flexibility index (Phi) is 5.23. The maximum atomic E-state index is 5.18. The lowest BCUT2D eigenvalue weighted by atomic mass is 9.92. The molecule has 1 aliphatic rings. The first kappa shape index (κ1) is 14.4. The largest absolute Gasteiger partial charge is 0.497 e. The van der Waals surface area contributed by atoms with Gasteiger partial charge in [-0.05, 0) is 57.0 Å². The Morgan fingerprint density at radius 1 is 1.37 bits per heavy atom. The van der Waals surface area contributed by atoms with E-state index in [-0.39, 0.29) is 0 Å². The molecule has 0 bridgehead atoms. The van der Waals surface area contributed by atoms with Crippen LogP contribution >= 0.6 is 0 Å². The molecule has 0 aromatic heterocycles. The van der Waals surface area contributed by atoms with Crippen LogP contribution in [0.2, 0.25) is 0 Å². The Hall–Kier alpha value is -1.06. The molecule has 1 aliphatic heterocycles. The third-order valence-corrected chi connectivity index (χ3v) is 4.16. The van der Waals surface area contributed by atoms with Crippen LogP contribution in [-0.4, -0.2) is 38.2 Å². The monoisotopic (exact) mass is 262 g/mol. The molecule has 3 nitrogen and oxygen atoms in total. The molecule has 1 saturated heterocycles. The van der Waals surface area contributed by atoms with Crippen molar-refractivity contribution in [3.05, 3.63) is 29.8 Å². The number of benzene rings is 1. The summed E-state index contributed by atoms with van der Waals surface area (Å²) in [4.78, 5) is 2.44. The highest BCUT2D eigenvalue weighted by atomic mass is 16.5. The summed E-state index contributed by atoms with van der Waals surface area (Å²) < 4.78 is 5.18. The van der Waals surface area contributed by atoms with E-state index in [1.165, 1.54) is 31.5 Å². The van der Waals surface area contributed by atoms with Crippen LogP contribution < -0.4 is 10.1 Å². The number of piperidine rings is 1. The number of nitrogens with zero attached hydrogens (tertiary/aromatic N) is 1. The van der Waals surface area contributed by atoms with Gasteiger partial charge in [-0.3, -0.25) is 0 Å². The van der Waals surface area contributed by atoms with Crippen molar-refractivity contribution in [1.29, 1.82) is 0 Å². The number of ether oxygens (including phenoxy) is 1. The van der Waals surface area contributed by atoms with E-state index in [4.69, 9.17) is 4.74 Å². The summed E-state index contributed by atoms with van der Waals surface area (Å²) in [6.07, 6.45) is 2.68. The van der Waals surface area contributed by atoms with Crippen LogP contribution in [0, 0.1) is 5.92 Å². The molecular weight excluding hydrogens is 236 g/mol. The van der Waals surface area contributed by atoms with Crippen molar-refractivity contribution in [2.24, 2.45) is 5.92 Å². The first-order chi connectivity index (χ1) is 9.19. The fraction of sp³-hybridized carbons (Fsp3) is 0.625. The van der Waals surface area contributed by atoms with Gasteiger partial charge in [-0.2, -0.15) is 0 Å². The van der Waals surface area contributed by atoms with Gasteiger partial charge in [-0.15, -0.1) is 0 Å². The van der Waals surface area contributed by atoms with Crippen LogP contribution in [0.1, 0.15) is 25.3 Å². The summed E-state index contributed by atoms with van der Waals surface area (Å²) in [7, 11) is 3.93. The van der Waals surface area contributed by atoms with Crippen molar-refractivity contribution < 1.29 is 4.74 Å². The molecule has 2 unspecified atom stereocenters. The topological polar surface area (TPSA) is 24.5 Å². The lowest BCUT2D eigenvalue weighted by Gasteiger charge is -2.34. The molecule has 19 heavy (non-hydrogen) atoms. The second-order valence-electron chi connectivity index (χ2n) is 5.68. The van der Waals surface area contributed by atoms with Gasteiger partial charge in [0.05, 0.1) is 7.11 Å². The molecule has 2 atom stereocenters. The molecule has 1 aromatic carbocycles. The second kappa shape index (κ2) is 6.92. The third-order valence-electron chi connectivity index (χ3n) is 4.16. The minimum atomic E-state index is 0.574. The fourth-order valence-corrected chi connectivity index (χ4v) is 2.80. The standard InChI is InChI=1S/C16H26N2O/c1-13(15-5-4-10-18(2)12-15)17-11-14-6-8-16(19-3)9-7-14/h6-9,13,15,17H,4-5,10-12H2,1-3H3. The summed E-state index contributed by atoms with van der Waals surface area (Å²) in [5, 5.41) is 3.66. The van der Waals surface area contributed by atoms with Crippen molar-refractivity contribution in [2.45, 2.75) is 32.4 Å². The zero-order valence-electron chi connectivity index (χ0n) is 12.4. The number of hydrogen-bond donors (Lipinski definition) is 1. The van der Waals surface area contributed by atoms with E-state index in [1.807, 2.05) is 12.1 Å². The van der Waals surface area contributed by atoms with E-state index >= 15 is 0 Å². The van der Waals surface area contributed by atoms with Crippen LogP contribution in [0.3, 0.4) is 0 Å². The quantitative estimate of drug-likeness (QED) is 0.882.